The molecule has 1 aromatic carbocycles. The molecule has 1 aromatic rings. The average molecular weight is 272 g/mol. The molecule has 1 unspecified atom stereocenters. The van der Waals surface area contributed by atoms with Gasteiger partial charge >= 0.3 is 0 Å². The Kier molecular flexibility index (Phi) is 3.59. The highest BCUT2D eigenvalue weighted by atomic mass is 32.2. The molecule has 0 aliphatic carbocycles. The highest BCUT2D eigenvalue weighted by Crippen LogP contribution is 2.27. The molecular weight excluding hydrogens is 255 g/mol. The minimum Gasteiger partial charge on any atom is -0.368 e. The van der Waals surface area contributed by atoms with Crippen LogP contribution in [0.1, 0.15) is 6.92 Å². The Hall–Kier alpha value is -1.14. The van der Waals surface area contributed by atoms with Crippen molar-refractivity contribution in [1.82, 2.24) is 5.32 Å². The van der Waals surface area contributed by atoms with Gasteiger partial charge in [-0.3, -0.25) is 0 Å². The minimum atomic E-state index is -3.42. The summed E-state index contributed by atoms with van der Waals surface area (Å²) < 4.78 is 36.7. The molecule has 4 nitrogen and oxygen atoms in total. The number of sulfone groups is 1. The van der Waals surface area contributed by atoms with Crippen LogP contribution < -0.4 is 10.2 Å². The summed E-state index contributed by atoms with van der Waals surface area (Å²) >= 11 is 0. The van der Waals surface area contributed by atoms with Crippen LogP contribution in [0.4, 0.5) is 10.1 Å². The summed E-state index contributed by atoms with van der Waals surface area (Å²) in [5.41, 5.74) is 0.590. The maximum Gasteiger partial charge on any atom is 0.177 e. The van der Waals surface area contributed by atoms with Gasteiger partial charge < -0.3 is 10.2 Å². The molecule has 0 bridgehead atoms. The fraction of sp³-hybridized carbons (Fsp3) is 0.500. The van der Waals surface area contributed by atoms with Crippen molar-refractivity contribution in [3.05, 3.63) is 24.0 Å². The molecule has 18 heavy (non-hydrogen) atoms. The van der Waals surface area contributed by atoms with Crippen molar-refractivity contribution >= 4 is 15.5 Å². The molecular formula is C12H17FN2O2S. The third-order valence-corrected chi connectivity index (χ3v) is 4.16. The fourth-order valence-electron chi connectivity index (χ4n) is 2.20. The van der Waals surface area contributed by atoms with Crippen molar-refractivity contribution in [2.24, 2.45) is 0 Å². The summed E-state index contributed by atoms with van der Waals surface area (Å²) in [6.45, 7) is 4.27. The highest BCUT2D eigenvalue weighted by Gasteiger charge is 2.22. The number of benzene rings is 1. The van der Waals surface area contributed by atoms with Crippen LogP contribution >= 0.6 is 0 Å². The van der Waals surface area contributed by atoms with Gasteiger partial charge in [0.15, 0.2) is 9.84 Å². The van der Waals surface area contributed by atoms with Crippen LogP contribution in [0.15, 0.2) is 23.1 Å². The Morgan fingerprint density at radius 1 is 1.44 bits per heavy atom. The van der Waals surface area contributed by atoms with Gasteiger partial charge in [-0.15, -0.1) is 0 Å². The van der Waals surface area contributed by atoms with E-state index in [-0.39, 0.29) is 10.9 Å². The summed E-state index contributed by atoms with van der Waals surface area (Å²) in [6.07, 6.45) is 1.11. The minimum absolute atomic E-state index is 0.0663. The molecule has 2 rings (SSSR count). The van der Waals surface area contributed by atoms with E-state index >= 15 is 0 Å². The molecule has 0 radical (unpaired) electrons. The van der Waals surface area contributed by atoms with Crippen molar-refractivity contribution in [2.45, 2.75) is 17.9 Å². The van der Waals surface area contributed by atoms with E-state index in [2.05, 4.69) is 5.32 Å². The summed E-state index contributed by atoms with van der Waals surface area (Å²) in [5, 5.41) is 3.29. The Bertz CT molecular complexity index is 545. The van der Waals surface area contributed by atoms with E-state index in [0.29, 0.717) is 12.2 Å². The van der Waals surface area contributed by atoms with Crippen molar-refractivity contribution in [1.29, 1.82) is 0 Å². The second kappa shape index (κ2) is 4.85. The largest absolute Gasteiger partial charge is 0.368 e. The molecule has 1 heterocycles. The molecule has 1 aliphatic rings. The normalized spacial score (nSPS) is 21.1. The topological polar surface area (TPSA) is 49.4 Å². The lowest BCUT2D eigenvalue weighted by Gasteiger charge is -2.34. The Morgan fingerprint density at radius 3 is 2.78 bits per heavy atom. The first-order valence-electron chi connectivity index (χ1n) is 5.86. The Labute approximate surface area is 107 Å². The highest BCUT2D eigenvalue weighted by molar-refractivity contribution is 7.90. The first kappa shape index (κ1) is 13.3. The molecule has 0 aromatic heterocycles. The third-order valence-electron chi connectivity index (χ3n) is 3.03. The van der Waals surface area contributed by atoms with Crippen LogP contribution in [0.25, 0.3) is 0 Å². The number of nitrogens with zero attached hydrogens (tertiary/aromatic N) is 1. The number of hydrogen-bond acceptors (Lipinski definition) is 4. The number of piperazine rings is 1. The van der Waals surface area contributed by atoms with Gasteiger partial charge in [0.05, 0.1) is 10.6 Å². The zero-order chi connectivity index (χ0) is 13.3. The molecule has 100 valence electrons. The zero-order valence-corrected chi connectivity index (χ0v) is 11.3. The molecule has 0 spiro atoms. The Balaban J connectivity index is 2.44. The smallest absolute Gasteiger partial charge is 0.177 e. The van der Waals surface area contributed by atoms with Crippen molar-refractivity contribution in [3.8, 4) is 0 Å². The number of anilines is 1. The maximum atomic E-state index is 13.2. The van der Waals surface area contributed by atoms with Crippen LogP contribution in [0.3, 0.4) is 0 Å². The molecule has 1 N–H and O–H groups in total. The number of rotatable bonds is 2. The van der Waals surface area contributed by atoms with E-state index in [4.69, 9.17) is 0 Å². The van der Waals surface area contributed by atoms with Crippen molar-refractivity contribution in [2.75, 3.05) is 30.8 Å². The van der Waals surface area contributed by atoms with Gasteiger partial charge in [0, 0.05) is 31.9 Å². The molecule has 1 fully saturated rings. The molecule has 0 amide bonds. The first-order valence-corrected chi connectivity index (χ1v) is 7.75. The van der Waals surface area contributed by atoms with Crippen LogP contribution in [-0.4, -0.2) is 40.3 Å². The van der Waals surface area contributed by atoms with Crippen LogP contribution in [0, 0.1) is 5.82 Å². The van der Waals surface area contributed by atoms with Gasteiger partial charge in [0.25, 0.3) is 0 Å². The van der Waals surface area contributed by atoms with E-state index in [1.165, 1.54) is 6.07 Å². The van der Waals surface area contributed by atoms with Gasteiger partial charge in [0.1, 0.15) is 5.82 Å². The van der Waals surface area contributed by atoms with E-state index in [1.54, 1.807) is 6.07 Å². The zero-order valence-electron chi connectivity index (χ0n) is 10.5. The second-order valence-electron chi connectivity index (χ2n) is 4.69. The first-order chi connectivity index (χ1) is 8.38. The lowest BCUT2D eigenvalue weighted by atomic mass is 10.2. The fourth-order valence-corrected chi connectivity index (χ4v) is 3.10. The number of halogens is 1. The van der Waals surface area contributed by atoms with E-state index in [0.717, 1.165) is 25.4 Å². The Morgan fingerprint density at radius 2 is 2.17 bits per heavy atom. The lowest BCUT2D eigenvalue weighted by Crippen LogP contribution is -2.49. The van der Waals surface area contributed by atoms with Gasteiger partial charge in [-0.2, -0.15) is 0 Å². The summed E-state index contributed by atoms with van der Waals surface area (Å²) in [5.74, 6) is -0.526. The van der Waals surface area contributed by atoms with Gasteiger partial charge in [-0.1, -0.05) is 0 Å². The van der Waals surface area contributed by atoms with Crippen LogP contribution in [0.5, 0.6) is 0 Å². The molecule has 6 heteroatoms. The van der Waals surface area contributed by atoms with Gasteiger partial charge in [-0.05, 0) is 25.1 Å². The van der Waals surface area contributed by atoms with E-state index < -0.39 is 15.7 Å². The predicted molar refractivity (Wildman–Crippen MR) is 69.2 cm³/mol. The number of hydrogen-bond donors (Lipinski definition) is 1. The summed E-state index contributed by atoms with van der Waals surface area (Å²) in [6, 6.07) is 4.23. The monoisotopic (exact) mass is 272 g/mol. The average Bonchev–Trinajstić information content (AvgIpc) is 2.27. The van der Waals surface area contributed by atoms with E-state index in [1.807, 2.05) is 11.8 Å². The van der Waals surface area contributed by atoms with Crippen molar-refractivity contribution in [3.63, 3.8) is 0 Å². The second-order valence-corrected chi connectivity index (χ2v) is 6.67. The van der Waals surface area contributed by atoms with E-state index in [9.17, 15) is 12.8 Å². The van der Waals surface area contributed by atoms with Crippen LogP contribution in [-0.2, 0) is 9.84 Å². The third kappa shape index (κ3) is 2.81. The van der Waals surface area contributed by atoms with Gasteiger partial charge in [-0.25, -0.2) is 12.8 Å². The molecule has 1 saturated heterocycles. The standard InChI is InChI=1S/C12H17FN2O2S/c1-9-8-15(6-5-14-9)11-4-3-10(13)7-12(11)18(2,16)17/h3-4,7,9,14H,5-6,8H2,1-2H3. The SMILES string of the molecule is CC1CN(c2ccc(F)cc2S(C)(=O)=O)CCN1. The lowest BCUT2D eigenvalue weighted by molar-refractivity contribution is 0.482. The quantitative estimate of drug-likeness (QED) is 0.873. The number of nitrogens with one attached hydrogen (secondary N) is 1. The summed E-state index contributed by atoms with van der Waals surface area (Å²) in [4.78, 5) is 2.05. The summed E-state index contributed by atoms with van der Waals surface area (Å²) in [7, 11) is -3.42. The molecule has 0 saturated carbocycles. The van der Waals surface area contributed by atoms with Crippen LogP contribution in [0.2, 0.25) is 0 Å². The predicted octanol–water partition coefficient (Wildman–Crippen LogP) is 1.03. The maximum absolute atomic E-state index is 13.2. The van der Waals surface area contributed by atoms with Gasteiger partial charge in [0.2, 0.25) is 0 Å². The van der Waals surface area contributed by atoms with Crippen molar-refractivity contribution < 1.29 is 12.8 Å². The molecule has 1 atom stereocenters. The molecule has 1 aliphatic heterocycles.